The number of carbonyl (C=O) groups excluding carboxylic acids is 2. The smallest absolute Gasteiger partial charge is 0.341 e. The number of fused-ring (bicyclic) bond motifs is 2. The minimum absolute atomic E-state index is 0.168. The van der Waals surface area contributed by atoms with Gasteiger partial charge in [-0.2, -0.15) is 0 Å². The van der Waals surface area contributed by atoms with Crippen molar-refractivity contribution in [3.05, 3.63) is 76.2 Å². The van der Waals surface area contributed by atoms with Gasteiger partial charge >= 0.3 is 5.97 Å². The van der Waals surface area contributed by atoms with Gasteiger partial charge in [-0.3, -0.25) is 4.79 Å². The zero-order valence-electron chi connectivity index (χ0n) is 23.8. The lowest BCUT2D eigenvalue weighted by Crippen LogP contribution is -2.26. The average molecular weight is 557 g/mol. The van der Waals surface area contributed by atoms with E-state index in [1.807, 2.05) is 61.5 Å². The van der Waals surface area contributed by atoms with Crippen LogP contribution in [0.5, 0.6) is 5.75 Å². The van der Waals surface area contributed by atoms with Crippen LogP contribution in [-0.2, 0) is 17.6 Å². The molecular formula is C33H36N2O4S. The summed E-state index contributed by atoms with van der Waals surface area (Å²) in [5.41, 5.74) is 4.44. The summed E-state index contributed by atoms with van der Waals surface area (Å²) in [4.78, 5) is 33.1. The van der Waals surface area contributed by atoms with Crippen LogP contribution >= 0.6 is 11.3 Å². The highest BCUT2D eigenvalue weighted by atomic mass is 32.1. The highest BCUT2D eigenvalue weighted by molar-refractivity contribution is 7.17. The van der Waals surface area contributed by atoms with Gasteiger partial charge in [0.25, 0.3) is 5.91 Å². The number of anilines is 1. The number of aromatic nitrogens is 1. The molecule has 40 heavy (non-hydrogen) atoms. The Bertz CT molecular complexity index is 1570. The number of nitrogens with zero attached hydrogens (tertiary/aromatic N) is 1. The zero-order valence-corrected chi connectivity index (χ0v) is 24.6. The summed E-state index contributed by atoms with van der Waals surface area (Å²) in [6, 6.07) is 17.1. The Balaban J connectivity index is 1.55. The monoisotopic (exact) mass is 556 g/mol. The average Bonchev–Trinajstić information content (AvgIpc) is 3.29. The molecule has 6 nitrogen and oxygen atoms in total. The fraction of sp³-hybridized carbons (Fsp3) is 0.364. The molecule has 0 fully saturated rings. The molecule has 0 unspecified atom stereocenters. The number of carbonyl (C=O) groups is 2. The molecule has 208 valence electrons. The molecule has 4 aromatic rings. The van der Waals surface area contributed by atoms with Gasteiger partial charge in [-0.05, 0) is 74.3 Å². The van der Waals surface area contributed by atoms with E-state index in [1.165, 1.54) is 11.3 Å². The predicted octanol–water partition coefficient (Wildman–Crippen LogP) is 7.94. The summed E-state index contributed by atoms with van der Waals surface area (Å²) in [6.07, 6.45) is 2.70. The van der Waals surface area contributed by atoms with Crippen LogP contribution in [0.1, 0.15) is 72.2 Å². The summed E-state index contributed by atoms with van der Waals surface area (Å²) in [5, 5.41) is 4.41. The van der Waals surface area contributed by atoms with E-state index in [0.717, 1.165) is 51.9 Å². The lowest BCUT2D eigenvalue weighted by Gasteiger charge is -2.33. The maximum atomic E-state index is 13.9. The third-order valence-corrected chi connectivity index (χ3v) is 8.77. The van der Waals surface area contributed by atoms with Gasteiger partial charge in [0.15, 0.2) is 0 Å². The molecule has 5 rings (SSSR count). The maximum Gasteiger partial charge on any atom is 0.341 e. The first-order valence-electron chi connectivity index (χ1n) is 14.0. The van der Waals surface area contributed by atoms with Gasteiger partial charge in [0.2, 0.25) is 0 Å². The van der Waals surface area contributed by atoms with Gasteiger partial charge in [0.05, 0.1) is 35.6 Å². The Kier molecular flexibility index (Phi) is 7.95. The van der Waals surface area contributed by atoms with Crippen LogP contribution in [0.4, 0.5) is 5.00 Å². The van der Waals surface area contributed by atoms with Crippen LogP contribution < -0.4 is 10.1 Å². The Morgan fingerprint density at radius 2 is 1.85 bits per heavy atom. The number of thiophene rings is 1. The molecule has 0 aliphatic heterocycles. The number of para-hydroxylation sites is 1. The SMILES string of the molecule is CCOC(=O)c1c(NC(=O)c2cc(-c3cccc(OCC)c3)nc3ccccc23)sc2c1CC[C@@H](C(C)(C)C)C2. The van der Waals surface area contributed by atoms with Crippen molar-refractivity contribution in [1.29, 1.82) is 0 Å². The molecule has 2 heterocycles. The van der Waals surface area contributed by atoms with Crippen molar-refractivity contribution < 1.29 is 19.1 Å². The van der Waals surface area contributed by atoms with E-state index in [2.05, 4.69) is 26.1 Å². The Morgan fingerprint density at radius 1 is 1.05 bits per heavy atom. The largest absolute Gasteiger partial charge is 0.494 e. The number of pyridine rings is 1. The van der Waals surface area contributed by atoms with Crippen molar-refractivity contribution in [1.82, 2.24) is 4.98 Å². The molecule has 1 N–H and O–H groups in total. The molecule has 7 heteroatoms. The zero-order chi connectivity index (χ0) is 28.4. The van der Waals surface area contributed by atoms with Crippen molar-refractivity contribution in [2.45, 2.75) is 53.9 Å². The molecule has 1 amide bonds. The van der Waals surface area contributed by atoms with Crippen LogP contribution in [0.3, 0.4) is 0 Å². The predicted molar refractivity (Wildman–Crippen MR) is 162 cm³/mol. The minimum Gasteiger partial charge on any atom is -0.494 e. The topological polar surface area (TPSA) is 77.5 Å². The van der Waals surface area contributed by atoms with Crippen LogP contribution in [0.25, 0.3) is 22.2 Å². The maximum absolute atomic E-state index is 13.9. The second-order valence-corrected chi connectivity index (χ2v) is 12.3. The van der Waals surface area contributed by atoms with E-state index >= 15 is 0 Å². The molecule has 0 radical (unpaired) electrons. The lowest BCUT2D eigenvalue weighted by molar-refractivity contribution is 0.0526. The molecule has 0 bridgehead atoms. The summed E-state index contributed by atoms with van der Waals surface area (Å²) in [7, 11) is 0. The fourth-order valence-corrected chi connectivity index (χ4v) is 6.74. The molecule has 2 aromatic carbocycles. The van der Waals surface area contributed by atoms with Crippen molar-refractivity contribution in [3.8, 4) is 17.0 Å². The summed E-state index contributed by atoms with van der Waals surface area (Å²) in [6.45, 7) is 11.4. The first-order chi connectivity index (χ1) is 19.2. The Labute approximate surface area is 239 Å². The summed E-state index contributed by atoms with van der Waals surface area (Å²) in [5.74, 6) is 0.601. The highest BCUT2D eigenvalue weighted by Gasteiger charge is 2.34. The molecule has 0 saturated heterocycles. The number of rotatable bonds is 7. The third-order valence-electron chi connectivity index (χ3n) is 7.60. The number of benzene rings is 2. The van der Waals surface area contributed by atoms with Gasteiger partial charge < -0.3 is 14.8 Å². The second kappa shape index (κ2) is 11.4. The molecule has 1 aliphatic rings. The molecule has 0 spiro atoms. The van der Waals surface area contributed by atoms with E-state index in [1.54, 1.807) is 6.92 Å². The molecule has 2 aromatic heterocycles. The van der Waals surface area contributed by atoms with Crippen LogP contribution in [0, 0.1) is 11.3 Å². The van der Waals surface area contributed by atoms with Gasteiger partial charge in [-0.15, -0.1) is 11.3 Å². The number of hydrogen-bond acceptors (Lipinski definition) is 6. The quantitative estimate of drug-likeness (QED) is 0.234. The van der Waals surface area contributed by atoms with Gasteiger partial charge in [0.1, 0.15) is 10.8 Å². The van der Waals surface area contributed by atoms with Gasteiger partial charge in [0, 0.05) is 15.8 Å². The van der Waals surface area contributed by atoms with E-state index in [9.17, 15) is 9.59 Å². The van der Waals surface area contributed by atoms with E-state index < -0.39 is 0 Å². The lowest BCUT2D eigenvalue weighted by atomic mass is 9.72. The Hall–Kier alpha value is -3.71. The second-order valence-electron chi connectivity index (χ2n) is 11.2. The van der Waals surface area contributed by atoms with Gasteiger partial charge in [-0.1, -0.05) is 51.1 Å². The van der Waals surface area contributed by atoms with Crippen molar-refractivity contribution in [2.75, 3.05) is 18.5 Å². The third kappa shape index (κ3) is 5.61. The van der Waals surface area contributed by atoms with Crippen molar-refractivity contribution in [3.63, 3.8) is 0 Å². The molecule has 1 aliphatic carbocycles. The highest BCUT2D eigenvalue weighted by Crippen LogP contribution is 2.44. The first-order valence-corrected chi connectivity index (χ1v) is 14.8. The minimum atomic E-state index is -0.377. The van der Waals surface area contributed by atoms with Crippen LogP contribution in [0.15, 0.2) is 54.6 Å². The van der Waals surface area contributed by atoms with E-state index in [0.29, 0.717) is 34.3 Å². The van der Waals surface area contributed by atoms with Crippen molar-refractivity contribution in [2.24, 2.45) is 11.3 Å². The number of ether oxygens (including phenoxy) is 2. The standard InChI is InChI=1S/C33H36N2O4S/c1-6-38-22-12-10-11-20(17-22)27-19-25(23-13-8-9-14-26(23)34-27)30(36)35-31-29(32(37)39-7-2)24-16-15-21(33(3,4)5)18-28(24)40-31/h8-14,17,19,21H,6-7,15-16,18H2,1-5H3,(H,35,36)/t21-/m1/s1. The fourth-order valence-electron chi connectivity index (χ4n) is 5.43. The normalized spacial score (nSPS) is 15.0. The van der Waals surface area contributed by atoms with Crippen LogP contribution in [-0.4, -0.2) is 30.1 Å². The molecule has 1 atom stereocenters. The summed E-state index contributed by atoms with van der Waals surface area (Å²) >= 11 is 1.51. The van der Waals surface area contributed by atoms with Crippen LogP contribution in [0.2, 0.25) is 0 Å². The number of amides is 1. The van der Waals surface area contributed by atoms with Gasteiger partial charge in [-0.25, -0.2) is 9.78 Å². The summed E-state index contributed by atoms with van der Waals surface area (Å²) < 4.78 is 11.1. The van der Waals surface area contributed by atoms with Crippen molar-refractivity contribution >= 4 is 39.1 Å². The molecular weight excluding hydrogens is 520 g/mol. The van der Waals surface area contributed by atoms with E-state index in [-0.39, 0.29) is 23.9 Å². The first kappa shape index (κ1) is 27.8. The number of hydrogen-bond donors (Lipinski definition) is 1. The number of nitrogens with one attached hydrogen (secondary N) is 1. The molecule has 0 saturated carbocycles. The van der Waals surface area contributed by atoms with E-state index in [4.69, 9.17) is 14.5 Å². The Morgan fingerprint density at radius 3 is 2.60 bits per heavy atom. The number of esters is 1.